The van der Waals surface area contributed by atoms with Gasteiger partial charge in [-0.2, -0.15) is 18.3 Å². The van der Waals surface area contributed by atoms with Gasteiger partial charge in [-0.15, -0.1) is 0 Å². The van der Waals surface area contributed by atoms with E-state index in [-0.39, 0.29) is 17.0 Å². The van der Waals surface area contributed by atoms with Crippen molar-refractivity contribution < 1.29 is 22.4 Å². The van der Waals surface area contributed by atoms with Crippen molar-refractivity contribution in [3.05, 3.63) is 82.9 Å². The molecule has 1 amide bonds. The molecule has 4 rings (SSSR count). The predicted molar refractivity (Wildman–Crippen MR) is 107 cm³/mol. The van der Waals surface area contributed by atoms with Crippen LogP contribution in [0.4, 0.5) is 23.2 Å². The van der Waals surface area contributed by atoms with Crippen molar-refractivity contribution in [2.75, 3.05) is 5.32 Å². The first kappa shape index (κ1) is 20.5. The number of aryl methyl sites for hydroxylation is 1. The molecule has 4 aromatic rings. The van der Waals surface area contributed by atoms with Crippen molar-refractivity contribution in [1.82, 2.24) is 14.6 Å². The summed E-state index contributed by atoms with van der Waals surface area (Å²) in [5.41, 5.74) is 1.17. The smallest absolute Gasteiger partial charge is 0.320 e. The zero-order chi connectivity index (χ0) is 22.3. The number of alkyl halides is 3. The highest BCUT2D eigenvalue weighted by molar-refractivity contribution is 6.04. The fraction of sp³-hybridized carbons (Fsp3) is 0.136. The van der Waals surface area contributed by atoms with Crippen molar-refractivity contribution >= 4 is 17.2 Å². The van der Waals surface area contributed by atoms with Crippen molar-refractivity contribution in [2.45, 2.75) is 20.0 Å². The Balaban J connectivity index is 1.79. The van der Waals surface area contributed by atoms with Crippen LogP contribution in [0.3, 0.4) is 0 Å². The van der Waals surface area contributed by atoms with Gasteiger partial charge in [0.05, 0.1) is 5.69 Å². The molecule has 0 spiro atoms. The van der Waals surface area contributed by atoms with Crippen LogP contribution in [0.1, 0.15) is 27.3 Å². The van der Waals surface area contributed by atoms with E-state index in [4.69, 9.17) is 0 Å². The first-order chi connectivity index (χ1) is 14.6. The number of benzene rings is 2. The van der Waals surface area contributed by atoms with Crippen LogP contribution >= 0.6 is 0 Å². The average Bonchev–Trinajstić information content (AvgIpc) is 3.14. The van der Waals surface area contributed by atoms with Crippen LogP contribution in [0, 0.1) is 19.7 Å². The molecular formula is C22H16F4N4O. The monoisotopic (exact) mass is 428 g/mol. The lowest BCUT2D eigenvalue weighted by Gasteiger charge is -2.11. The van der Waals surface area contributed by atoms with Gasteiger partial charge in [-0.3, -0.25) is 4.79 Å². The van der Waals surface area contributed by atoms with Crippen molar-refractivity contribution in [2.24, 2.45) is 0 Å². The third-order valence-corrected chi connectivity index (χ3v) is 4.94. The van der Waals surface area contributed by atoms with Gasteiger partial charge in [-0.05, 0) is 61.4 Å². The predicted octanol–water partition coefficient (Wildman–Crippen LogP) is 5.42. The second-order valence-electron chi connectivity index (χ2n) is 7.03. The summed E-state index contributed by atoms with van der Waals surface area (Å²) in [7, 11) is 0. The number of fused-ring (bicyclic) bond motifs is 1. The summed E-state index contributed by atoms with van der Waals surface area (Å²) in [5, 5.41) is 6.51. The zero-order valence-corrected chi connectivity index (χ0v) is 16.5. The van der Waals surface area contributed by atoms with Gasteiger partial charge >= 0.3 is 6.18 Å². The first-order valence-electron chi connectivity index (χ1n) is 9.25. The van der Waals surface area contributed by atoms with E-state index >= 15 is 0 Å². The van der Waals surface area contributed by atoms with Gasteiger partial charge in [0.2, 0.25) is 0 Å². The van der Waals surface area contributed by atoms with Crippen LogP contribution in [0.5, 0.6) is 0 Å². The third kappa shape index (κ3) is 3.98. The van der Waals surface area contributed by atoms with Crippen molar-refractivity contribution in [1.29, 1.82) is 0 Å². The van der Waals surface area contributed by atoms with Crippen LogP contribution in [-0.4, -0.2) is 20.5 Å². The molecule has 5 nitrogen and oxygen atoms in total. The fourth-order valence-corrected chi connectivity index (χ4v) is 3.13. The number of nitrogens with zero attached hydrogens (tertiary/aromatic N) is 3. The molecule has 9 heteroatoms. The summed E-state index contributed by atoms with van der Waals surface area (Å²) in [6.45, 7) is 3.71. The normalized spacial score (nSPS) is 11.7. The highest BCUT2D eigenvalue weighted by Gasteiger charge is 2.35. The summed E-state index contributed by atoms with van der Waals surface area (Å²) in [4.78, 5) is 16.9. The maximum Gasteiger partial charge on any atom is 0.433 e. The van der Waals surface area contributed by atoms with Gasteiger partial charge in [0.15, 0.2) is 17.0 Å². The maximum atomic E-state index is 13.7. The number of carbonyl (C=O) groups excluding carboxylic acids is 1. The molecule has 2 aromatic heterocycles. The van der Waals surface area contributed by atoms with E-state index in [1.807, 2.05) is 19.9 Å². The zero-order valence-electron chi connectivity index (χ0n) is 16.5. The summed E-state index contributed by atoms with van der Waals surface area (Å²) >= 11 is 0. The van der Waals surface area contributed by atoms with Crippen LogP contribution < -0.4 is 5.32 Å². The molecule has 0 unspecified atom stereocenters. The molecule has 31 heavy (non-hydrogen) atoms. The van der Waals surface area contributed by atoms with Gasteiger partial charge in [0, 0.05) is 17.3 Å². The van der Waals surface area contributed by atoms with E-state index in [0.717, 1.165) is 29.3 Å². The molecule has 2 aromatic carbocycles. The number of carbonyl (C=O) groups is 1. The molecule has 0 aliphatic heterocycles. The fourth-order valence-electron chi connectivity index (χ4n) is 3.13. The molecule has 0 saturated carbocycles. The molecule has 0 bridgehead atoms. The summed E-state index contributed by atoms with van der Waals surface area (Å²) in [6.07, 6.45) is -4.75. The van der Waals surface area contributed by atoms with Gasteiger partial charge in [-0.25, -0.2) is 13.9 Å². The largest absolute Gasteiger partial charge is 0.433 e. The number of anilines is 1. The first-order valence-corrected chi connectivity index (χ1v) is 9.25. The van der Waals surface area contributed by atoms with Gasteiger partial charge in [0.1, 0.15) is 5.82 Å². The number of nitrogens with one attached hydrogen (secondary N) is 1. The van der Waals surface area contributed by atoms with Crippen LogP contribution in [0.15, 0.2) is 54.6 Å². The lowest BCUT2D eigenvalue weighted by atomic mass is 10.1. The Labute approximate surface area is 174 Å². The molecule has 0 fully saturated rings. The topological polar surface area (TPSA) is 59.3 Å². The molecule has 0 aliphatic rings. The Morgan fingerprint density at radius 2 is 1.74 bits per heavy atom. The molecular weight excluding hydrogens is 412 g/mol. The minimum absolute atomic E-state index is 0.0128. The van der Waals surface area contributed by atoms with Crippen molar-refractivity contribution in [3.63, 3.8) is 0 Å². The average molecular weight is 428 g/mol. The minimum Gasteiger partial charge on any atom is -0.320 e. The lowest BCUT2D eigenvalue weighted by molar-refractivity contribution is -0.142. The summed E-state index contributed by atoms with van der Waals surface area (Å²) in [5.74, 6) is -1.17. The number of hydrogen-bond donors (Lipinski definition) is 1. The van der Waals surface area contributed by atoms with E-state index in [2.05, 4.69) is 15.4 Å². The van der Waals surface area contributed by atoms with Gasteiger partial charge < -0.3 is 5.32 Å². The highest BCUT2D eigenvalue weighted by Crippen LogP contribution is 2.32. The van der Waals surface area contributed by atoms with E-state index in [1.165, 1.54) is 18.2 Å². The maximum absolute atomic E-state index is 13.7. The van der Waals surface area contributed by atoms with E-state index in [1.54, 1.807) is 12.1 Å². The number of amides is 1. The number of rotatable bonds is 3. The minimum atomic E-state index is -4.75. The van der Waals surface area contributed by atoms with Gasteiger partial charge in [0.25, 0.3) is 5.91 Å². The quantitative estimate of drug-likeness (QED) is 0.443. The summed E-state index contributed by atoms with van der Waals surface area (Å²) in [6, 6.07) is 12.3. The van der Waals surface area contributed by atoms with Crippen LogP contribution in [0.2, 0.25) is 0 Å². The number of hydrogen-bond acceptors (Lipinski definition) is 3. The van der Waals surface area contributed by atoms with Crippen LogP contribution in [0.25, 0.3) is 16.9 Å². The number of halogens is 4. The SMILES string of the molecule is Cc1cccc(NC(=O)c2cc3nc(-c4ccc(F)cc4)cc(C(F)(F)F)n3n2)c1C. The van der Waals surface area contributed by atoms with Crippen LogP contribution in [-0.2, 0) is 6.18 Å². The Kier molecular flexibility index (Phi) is 4.96. The standard InChI is InChI=1S/C22H16F4N4O/c1-12-4-3-5-16(13(12)2)28-21(31)18-11-20-27-17(14-6-8-15(23)9-7-14)10-19(22(24,25)26)30(20)29-18/h3-11H,1-2H3,(H,28,31). The Morgan fingerprint density at radius 3 is 2.42 bits per heavy atom. The lowest BCUT2D eigenvalue weighted by Crippen LogP contribution is -2.16. The second kappa shape index (κ2) is 7.50. The molecule has 0 radical (unpaired) electrons. The van der Waals surface area contributed by atoms with E-state index in [0.29, 0.717) is 15.8 Å². The van der Waals surface area contributed by atoms with E-state index in [9.17, 15) is 22.4 Å². The number of aromatic nitrogens is 3. The molecule has 1 N–H and O–H groups in total. The Bertz CT molecular complexity index is 1290. The Morgan fingerprint density at radius 1 is 1.03 bits per heavy atom. The summed E-state index contributed by atoms with van der Waals surface area (Å²) < 4.78 is 54.8. The molecule has 158 valence electrons. The Hall–Kier alpha value is -3.75. The van der Waals surface area contributed by atoms with Gasteiger partial charge in [-0.1, -0.05) is 12.1 Å². The highest BCUT2D eigenvalue weighted by atomic mass is 19.4. The molecule has 0 saturated heterocycles. The van der Waals surface area contributed by atoms with E-state index < -0.39 is 23.6 Å². The molecule has 0 aliphatic carbocycles. The third-order valence-electron chi connectivity index (χ3n) is 4.94. The molecule has 0 atom stereocenters. The molecule has 2 heterocycles. The van der Waals surface area contributed by atoms with Crippen molar-refractivity contribution in [3.8, 4) is 11.3 Å². The second-order valence-corrected chi connectivity index (χ2v) is 7.03.